The molecule has 0 saturated carbocycles. The zero-order valence-corrected chi connectivity index (χ0v) is 9.04. The van der Waals surface area contributed by atoms with Crippen molar-refractivity contribution in [3.05, 3.63) is 23.8 Å². The molecule has 0 N–H and O–H groups in total. The Kier molecular flexibility index (Phi) is 2.87. The summed E-state index contributed by atoms with van der Waals surface area (Å²) in [6, 6.07) is 0. The highest BCUT2D eigenvalue weighted by Crippen LogP contribution is 2.23. The number of allylic oxidation sites excluding steroid dienone is 2. The molecule has 1 heterocycles. The van der Waals surface area contributed by atoms with Crippen LogP contribution in [0, 0.1) is 0 Å². The number of alkyl halides is 1. The van der Waals surface area contributed by atoms with Crippen LogP contribution >= 0.6 is 11.6 Å². The lowest BCUT2D eigenvalue weighted by Crippen LogP contribution is -2.08. The predicted molar refractivity (Wildman–Crippen MR) is 56.3 cm³/mol. The molecule has 0 radical (unpaired) electrons. The van der Waals surface area contributed by atoms with Crippen LogP contribution in [0.15, 0.2) is 18.0 Å². The Balaban J connectivity index is 2.07. The summed E-state index contributed by atoms with van der Waals surface area (Å²) in [6.07, 6.45) is 8.09. The summed E-state index contributed by atoms with van der Waals surface area (Å²) in [7, 11) is 1.92. The van der Waals surface area contributed by atoms with E-state index < -0.39 is 0 Å². The van der Waals surface area contributed by atoms with E-state index in [4.69, 9.17) is 11.6 Å². The van der Waals surface area contributed by atoms with E-state index in [0.717, 1.165) is 25.1 Å². The second-order valence-electron chi connectivity index (χ2n) is 3.71. The first kappa shape index (κ1) is 9.71. The maximum absolute atomic E-state index is 6.07. The van der Waals surface area contributed by atoms with E-state index in [2.05, 4.69) is 16.2 Å². The lowest BCUT2D eigenvalue weighted by atomic mass is 9.97. The standard InChI is InChI=1S/C10H14ClN3/c1-14-10(12-7-13-14)6-8-3-2-4-9(11)5-8/h5,7,9H,2-4,6H2,1H3. The van der Waals surface area contributed by atoms with Crippen LogP contribution in [0.2, 0.25) is 0 Å². The van der Waals surface area contributed by atoms with E-state index in [1.165, 1.54) is 12.0 Å². The summed E-state index contributed by atoms with van der Waals surface area (Å²) in [6.45, 7) is 0. The van der Waals surface area contributed by atoms with Gasteiger partial charge in [-0.25, -0.2) is 4.98 Å². The molecule has 0 saturated heterocycles. The van der Waals surface area contributed by atoms with Gasteiger partial charge in [-0.1, -0.05) is 11.6 Å². The van der Waals surface area contributed by atoms with Gasteiger partial charge in [0.15, 0.2) is 0 Å². The van der Waals surface area contributed by atoms with Crippen molar-refractivity contribution in [3.8, 4) is 0 Å². The normalized spacial score (nSPS) is 22.1. The molecule has 1 atom stereocenters. The molecule has 2 rings (SSSR count). The molecular weight excluding hydrogens is 198 g/mol. The van der Waals surface area contributed by atoms with Gasteiger partial charge in [-0.3, -0.25) is 4.68 Å². The van der Waals surface area contributed by atoms with Gasteiger partial charge in [0.05, 0.1) is 5.38 Å². The number of aryl methyl sites for hydroxylation is 1. The summed E-state index contributed by atoms with van der Waals surface area (Å²) >= 11 is 6.07. The summed E-state index contributed by atoms with van der Waals surface area (Å²) in [5.74, 6) is 1.02. The molecule has 0 aromatic carbocycles. The third-order valence-electron chi connectivity index (χ3n) is 2.58. The first-order valence-electron chi connectivity index (χ1n) is 4.92. The fraction of sp³-hybridized carbons (Fsp3) is 0.600. The third kappa shape index (κ3) is 2.15. The van der Waals surface area contributed by atoms with Gasteiger partial charge in [-0.15, -0.1) is 11.6 Å². The Bertz CT molecular complexity index is 343. The molecule has 0 amide bonds. The first-order valence-corrected chi connectivity index (χ1v) is 5.36. The molecule has 0 bridgehead atoms. The second kappa shape index (κ2) is 4.13. The van der Waals surface area contributed by atoms with Gasteiger partial charge in [0, 0.05) is 13.5 Å². The highest BCUT2D eigenvalue weighted by Gasteiger charge is 2.12. The Labute approximate surface area is 88.8 Å². The molecule has 0 aliphatic heterocycles. The predicted octanol–water partition coefficient (Wildman–Crippen LogP) is 2.08. The van der Waals surface area contributed by atoms with Crippen molar-refractivity contribution in [2.45, 2.75) is 31.1 Å². The van der Waals surface area contributed by atoms with Crippen LogP contribution in [-0.4, -0.2) is 20.1 Å². The van der Waals surface area contributed by atoms with Crippen molar-refractivity contribution in [2.75, 3.05) is 0 Å². The highest BCUT2D eigenvalue weighted by molar-refractivity contribution is 6.21. The van der Waals surface area contributed by atoms with Crippen molar-refractivity contribution in [3.63, 3.8) is 0 Å². The summed E-state index contributed by atoms with van der Waals surface area (Å²) in [4.78, 5) is 4.20. The van der Waals surface area contributed by atoms with Crippen LogP contribution in [0.1, 0.15) is 25.1 Å². The van der Waals surface area contributed by atoms with E-state index >= 15 is 0 Å². The number of rotatable bonds is 2. The van der Waals surface area contributed by atoms with Gasteiger partial charge >= 0.3 is 0 Å². The number of nitrogens with zero attached hydrogens (tertiary/aromatic N) is 3. The number of hydrogen-bond acceptors (Lipinski definition) is 2. The zero-order chi connectivity index (χ0) is 9.97. The molecule has 0 fully saturated rings. The Morgan fingerprint density at radius 3 is 3.14 bits per heavy atom. The molecule has 14 heavy (non-hydrogen) atoms. The molecular formula is C10H14ClN3. The molecule has 1 aromatic rings. The van der Waals surface area contributed by atoms with Crippen molar-refractivity contribution in [1.82, 2.24) is 14.8 Å². The number of aromatic nitrogens is 3. The van der Waals surface area contributed by atoms with Crippen LogP contribution in [0.3, 0.4) is 0 Å². The fourth-order valence-corrected chi connectivity index (χ4v) is 2.11. The SMILES string of the molecule is Cn1ncnc1CC1=CC(Cl)CCC1. The van der Waals surface area contributed by atoms with Crippen LogP contribution in [0.5, 0.6) is 0 Å². The average molecular weight is 212 g/mol. The van der Waals surface area contributed by atoms with E-state index in [-0.39, 0.29) is 5.38 Å². The highest BCUT2D eigenvalue weighted by atomic mass is 35.5. The molecule has 1 aliphatic carbocycles. The van der Waals surface area contributed by atoms with Crippen molar-refractivity contribution in [2.24, 2.45) is 7.05 Å². The van der Waals surface area contributed by atoms with E-state index in [9.17, 15) is 0 Å². The first-order chi connectivity index (χ1) is 6.75. The minimum absolute atomic E-state index is 0.215. The van der Waals surface area contributed by atoms with Crippen molar-refractivity contribution >= 4 is 11.6 Å². The minimum atomic E-state index is 0.215. The van der Waals surface area contributed by atoms with E-state index in [1.807, 2.05) is 11.7 Å². The van der Waals surface area contributed by atoms with Crippen molar-refractivity contribution in [1.29, 1.82) is 0 Å². The third-order valence-corrected chi connectivity index (χ3v) is 2.93. The quantitative estimate of drug-likeness (QED) is 0.554. The molecule has 1 unspecified atom stereocenters. The monoisotopic (exact) mass is 211 g/mol. The number of halogens is 1. The maximum Gasteiger partial charge on any atom is 0.138 e. The van der Waals surface area contributed by atoms with E-state index in [0.29, 0.717) is 0 Å². The molecule has 1 aliphatic rings. The Morgan fingerprint density at radius 2 is 2.50 bits per heavy atom. The summed E-state index contributed by atoms with van der Waals surface area (Å²) in [5.41, 5.74) is 1.40. The van der Waals surface area contributed by atoms with Crippen LogP contribution in [-0.2, 0) is 13.5 Å². The van der Waals surface area contributed by atoms with Gasteiger partial charge in [-0.2, -0.15) is 5.10 Å². The molecule has 4 heteroatoms. The van der Waals surface area contributed by atoms with Gasteiger partial charge in [0.25, 0.3) is 0 Å². The van der Waals surface area contributed by atoms with Crippen LogP contribution in [0.4, 0.5) is 0 Å². The van der Waals surface area contributed by atoms with Gasteiger partial charge < -0.3 is 0 Å². The minimum Gasteiger partial charge on any atom is -0.253 e. The topological polar surface area (TPSA) is 30.7 Å². The Morgan fingerprint density at radius 1 is 1.64 bits per heavy atom. The fourth-order valence-electron chi connectivity index (χ4n) is 1.78. The molecule has 76 valence electrons. The summed E-state index contributed by atoms with van der Waals surface area (Å²) in [5, 5.41) is 4.26. The summed E-state index contributed by atoms with van der Waals surface area (Å²) < 4.78 is 1.82. The van der Waals surface area contributed by atoms with Gasteiger partial charge in [-0.05, 0) is 19.3 Å². The zero-order valence-electron chi connectivity index (χ0n) is 8.28. The lowest BCUT2D eigenvalue weighted by Gasteiger charge is -2.15. The molecule has 3 nitrogen and oxygen atoms in total. The average Bonchev–Trinajstić information content (AvgIpc) is 2.52. The Hall–Kier alpha value is -0.830. The van der Waals surface area contributed by atoms with E-state index in [1.54, 1.807) is 6.33 Å². The van der Waals surface area contributed by atoms with Crippen LogP contribution < -0.4 is 0 Å². The molecule has 1 aromatic heterocycles. The van der Waals surface area contributed by atoms with Gasteiger partial charge in [0.2, 0.25) is 0 Å². The maximum atomic E-state index is 6.07. The molecule has 0 spiro atoms. The smallest absolute Gasteiger partial charge is 0.138 e. The largest absolute Gasteiger partial charge is 0.253 e. The van der Waals surface area contributed by atoms with Crippen molar-refractivity contribution < 1.29 is 0 Å². The van der Waals surface area contributed by atoms with Crippen LogP contribution in [0.25, 0.3) is 0 Å². The van der Waals surface area contributed by atoms with Gasteiger partial charge in [0.1, 0.15) is 12.2 Å². The number of hydrogen-bond donors (Lipinski definition) is 0. The second-order valence-corrected chi connectivity index (χ2v) is 4.27. The lowest BCUT2D eigenvalue weighted by molar-refractivity contribution is 0.663.